The lowest BCUT2D eigenvalue weighted by Crippen LogP contribution is -2.46. The van der Waals surface area contributed by atoms with Gasteiger partial charge >= 0.3 is 5.91 Å². The van der Waals surface area contributed by atoms with Crippen LogP contribution in [-0.4, -0.2) is 42.1 Å². The predicted molar refractivity (Wildman–Crippen MR) is 96.0 cm³/mol. The molecular weight excluding hydrogens is 338 g/mol. The fraction of sp³-hybridized carbons (Fsp3) is 0.333. The van der Waals surface area contributed by atoms with E-state index in [-0.39, 0.29) is 18.2 Å². The van der Waals surface area contributed by atoms with Crippen LogP contribution in [0.15, 0.2) is 58.0 Å². The van der Waals surface area contributed by atoms with E-state index in [2.05, 4.69) is 27.9 Å². The highest BCUT2D eigenvalue weighted by Crippen LogP contribution is 2.25. The van der Waals surface area contributed by atoms with Crippen LogP contribution in [0.25, 0.3) is 0 Å². The van der Waals surface area contributed by atoms with E-state index in [9.17, 15) is 9.59 Å². The summed E-state index contributed by atoms with van der Waals surface area (Å²) < 4.78 is 4.96. The molecule has 2 heterocycles. The minimum absolute atomic E-state index is 0.166. The Kier molecular flexibility index (Phi) is 6.14. The van der Waals surface area contributed by atoms with Crippen LogP contribution < -0.4 is 10.9 Å². The molecule has 1 unspecified atom stereocenters. The summed E-state index contributed by atoms with van der Waals surface area (Å²) >= 11 is 1.86. The topological polar surface area (TPSA) is 74.6 Å². The van der Waals surface area contributed by atoms with Crippen molar-refractivity contribution in [2.45, 2.75) is 11.3 Å². The molecule has 2 aromatic rings. The van der Waals surface area contributed by atoms with Crippen molar-refractivity contribution in [1.29, 1.82) is 0 Å². The number of carbonyl (C=O) groups excluding carboxylic acids is 2. The van der Waals surface area contributed by atoms with E-state index in [1.165, 1.54) is 17.2 Å². The maximum absolute atomic E-state index is 12.0. The highest BCUT2D eigenvalue weighted by molar-refractivity contribution is 7.99. The summed E-state index contributed by atoms with van der Waals surface area (Å²) in [6.07, 6.45) is 2.50. The average molecular weight is 359 g/mol. The largest absolute Gasteiger partial charge is 0.459 e. The van der Waals surface area contributed by atoms with Crippen LogP contribution in [0, 0.1) is 5.92 Å². The first-order valence-electron chi connectivity index (χ1n) is 8.23. The number of amides is 2. The number of hydrazine groups is 1. The summed E-state index contributed by atoms with van der Waals surface area (Å²) in [5, 5.41) is 0. The molecule has 1 fully saturated rings. The molecule has 0 radical (unpaired) electrons. The summed E-state index contributed by atoms with van der Waals surface area (Å²) in [5.74, 6) is 1.11. The van der Waals surface area contributed by atoms with E-state index < -0.39 is 5.91 Å². The molecule has 1 aromatic heterocycles. The van der Waals surface area contributed by atoms with Crippen LogP contribution in [0.3, 0.4) is 0 Å². The van der Waals surface area contributed by atoms with Crippen LogP contribution in [0.4, 0.5) is 0 Å². The molecular formula is C18H21N3O3S. The Morgan fingerprint density at radius 2 is 2.00 bits per heavy atom. The Morgan fingerprint density at radius 1 is 1.16 bits per heavy atom. The molecule has 1 atom stereocenters. The Bertz CT molecular complexity index is 691. The van der Waals surface area contributed by atoms with E-state index in [4.69, 9.17) is 4.42 Å². The Balaban J connectivity index is 1.35. The number of nitrogens with one attached hydrogen (secondary N) is 2. The van der Waals surface area contributed by atoms with Gasteiger partial charge in [-0.25, -0.2) is 0 Å². The van der Waals surface area contributed by atoms with Gasteiger partial charge in [-0.3, -0.25) is 25.3 Å². The van der Waals surface area contributed by atoms with E-state index >= 15 is 0 Å². The molecule has 132 valence electrons. The monoisotopic (exact) mass is 359 g/mol. The third-order valence-corrected chi connectivity index (χ3v) is 5.27. The van der Waals surface area contributed by atoms with Gasteiger partial charge < -0.3 is 4.42 Å². The van der Waals surface area contributed by atoms with E-state index in [1.807, 2.05) is 30.0 Å². The molecule has 6 nitrogen and oxygen atoms in total. The number of hydrogen-bond acceptors (Lipinski definition) is 5. The molecule has 25 heavy (non-hydrogen) atoms. The van der Waals surface area contributed by atoms with Crippen LogP contribution >= 0.6 is 11.8 Å². The Morgan fingerprint density at radius 3 is 2.76 bits per heavy atom. The molecule has 7 heteroatoms. The second-order valence-corrected chi connectivity index (χ2v) is 7.09. The van der Waals surface area contributed by atoms with Crippen molar-refractivity contribution in [3.05, 3.63) is 54.5 Å². The lowest BCUT2D eigenvalue weighted by molar-refractivity contribution is -0.122. The predicted octanol–water partition coefficient (Wildman–Crippen LogP) is 2.15. The highest BCUT2D eigenvalue weighted by atomic mass is 32.2. The normalized spacial score (nSPS) is 17.4. The quantitative estimate of drug-likeness (QED) is 0.611. The van der Waals surface area contributed by atoms with Crippen molar-refractivity contribution >= 4 is 23.6 Å². The second kappa shape index (κ2) is 8.73. The van der Waals surface area contributed by atoms with Gasteiger partial charge in [0.25, 0.3) is 5.91 Å². The van der Waals surface area contributed by atoms with Crippen molar-refractivity contribution in [1.82, 2.24) is 15.8 Å². The lowest BCUT2D eigenvalue weighted by atomic mass is 10.2. The zero-order valence-electron chi connectivity index (χ0n) is 13.8. The molecule has 3 rings (SSSR count). The minimum Gasteiger partial charge on any atom is -0.459 e. The van der Waals surface area contributed by atoms with Crippen LogP contribution in [-0.2, 0) is 4.79 Å². The first-order valence-corrected chi connectivity index (χ1v) is 9.22. The highest BCUT2D eigenvalue weighted by Gasteiger charge is 2.24. The number of likely N-dealkylation sites (tertiary alicyclic amines) is 1. The lowest BCUT2D eigenvalue weighted by Gasteiger charge is -2.15. The van der Waals surface area contributed by atoms with Crippen molar-refractivity contribution in [2.75, 3.05) is 25.4 Å². The van der Waals surface area contributed by atoms with Gasteiger partial charge in [0.05, 0.1) is 12.8 Å². The third-order valence-electron chi connectivity index (χ3n) is 4.03. The molecule has 0 saturated carbocycles. The SMILES string of the molecule is O=C(CN1CCC(CSc2ccccc2)C1)NNC(=O)c1ccco1. The Labute approximate surface area is 150 Å². The second-order valence-electron chi connectivity index (χ2n) is 5.99. The molecule has 2 amide bonds. The van der Waals surface area contributed by atoms with Crippen LogP contribution in [0.1, 0.15) is 17.0 Å². The molecule has 0 aliphatic carbocycles. The maximum atomic E-state index is 12.0. The smallest absolute Gasteiger partial charge is 0.305 e. The molecule has 2 N–H and O–H groups in total. The molecule has 0 spiro atoms. The van der Waals surface area contributed by atoms with Gasteiger partial charge in [0.1, 0.15) is 0 Å². The number of hydrogen-bond donors (Lipinski definition) is 2. The standard InChI is InChI=1S/C18H21N3O3S/c22-17(19-20-18(23)16-7-4-10-24-16)12-21-9-8-14(11-21)13-25-15-5-2-1-3-6-15/h1-7,10,14H,8-9,11-13H2,(H,19,22)(H,20,23). The number of carbonyl (C=O) groups is 2. The van der Waals surface area contributed by atoms with Gasteiger partial charge in [-0.05, 0) is 43.1 Å². The summed E-state index contributed by atoms with van der Waals surface area (Å²) in [6, 6.07) is 13.5. The fourth-order valence-corrected chi connectivity index (χ4v) is 3.81. The summed E-state index contributed by atoms with van der Waals surface area (Å²) in [4.78, 5) is 27.0. The summed E-state index contributed by atoms with van der Waals surface area (Å²) in [6.45, 7) is 2.09. The molecule has 1 aliphatic rings. The summed E-state index contributed by atoms with van der Waals surface area (Å²) in [7, 11) is 0. The van der Waals surface area contributed by atoms with Crippen molar-refractivity contribution in [3.63, 3.8) is 0 Å². The summed E-state index contributed by atoms with van der Waals surface area (Å²) in [5.41, 5.74) is 4.78. The first kappa shape index (κ1) is 17.6. The first-order chi connectivity index (χ1) is 12.2. The van der Waals surface area contributed by atoms with Gasteiger partial charge in [0.2, 0.25) is 0 Å². The van der Waals surface area contributed by atoms with Crippen LogP contribution in [0.5, 0.6) is 0 Å². The van der Waals surface area contributed by atoms with Crippen molar-refractivity contribution in [2.24, 2.45) is 5.92 Å². The number of rotatable bonds is 6. The number of furan rings is 1. The fourth-order valence-electron chi connectivity index (χ4n) is 2.76. The zero-order chi connectivity index (χ0) is 17.5. The average Bonchev–Trinajstić information content (AvgIpc) is 3.31. The van der Waals surface area contributed by atoms with Gasteiger partial charge in [-0.15, -0.1) is 11.8 Å². The van der Waals surface area contributed by atoms with Crippen molar-refractivity contribution in [3.8, 4) is 0 Å². The van der Waals surface area contributed by atoms with Gasteiger partial charge in [-0.2, -0.15) is 0 Å². The number of benzene rings is 1. The maximum Gasteiger partial charge on any atom is 0.305 e. The van der Waals surface area contributed by atoms with E-state index in [0.717, 1.165) is 25.3 Å². The number of thioether (sulfide) groups is 1. The van der Waals surface area contributed by atoms with Gasteiger partial charge in [-0.1, -0.05) is 18.2 Å². The third kappa shape index (κ3) is 5.37. The molecule has 0 bridgehead atoms. The minimum atomic E-state index is -0.461. The van der Waals surface area contributed by atoms with E-state index in [0.29, 0.717) is 5.92 Å². The zero-order valence-corrected chi connectivity index (χ0v) is 14.6. The van der Waals surface area contributed by atoms with Crippen LogP contribution in [0.2, 0.25) is 0 Å². The molecule has 1 aliphatic heterocycles. The van der Waals surface area contributed by atoms with Gasteiger partial charge in [0, 0.05) is 17.2 Å². The Hall–Kier alpha value is -2.25. The van der Waals surface area contributed by atoms with E-state index in [1.54, 1.807) is 6.07 Å². The van der Waals surface area contributed by atoms with Crippen molar-refractivity contribution < 1.29 is 14.0 Å². The number of nitrogens with zero attached hydrogens (tertiary/aromatic N) is 1. The molecule has 1 aromatic carbocycles. The van der Waals surface area contributed by atoms with Gasteiger partial charge in [0.15, 0.2) is 5.76 Å². The molecule has 1 saturated heterocycles.